The number of fused-ring (bicyclic) bond motifs is 2. The number of carbonyl (C=O) groups excluding carboxylic acids is 1. The van der Waals surface area contributed by atoms with Gasteiger partial charge in [0.05, 0.1) is 50.2 Å². The van der Waals surface area contributed by atoms with Crippen LogP contribution in [0, 0.1) is 6.92 Å². The fraction of sp³-hybridized carbons (Fsp3) is 0.520. The average molecular weight is 598 g/mol. The third-order valence-corrected chi connectivity index (χ3v) is 7.37. The maximum Gasteiger partial charge on any atom is 0.411 e. The zero-order chi connectivity index (χ0) is 23.3. The summed E-state index contributed by atoms with van der Waals surface area (Å²) in [6, 6.07) is 10.4. The Morgan fingerprint density at radius 3 is 2.76 bits per heavy atom. The monoisotopic (exact) mass is 597 g/mol. The highest BCUT2D eigenvalue weighted by Crippen LogP contribution is 2.39. The van der Waals surface area contributed by atoms with Crippen molar-refractivity contribution in [1.82, 2.24) is 10.2 Å². The number of nitrogens with one attached hydrogen (secondary N) is 2. The van der Waals surface area contributed by atoms with Gasteiger partial charge in [-0.25, -0.2) is 9.79 Å². The van der Waals surface area contributed by atoms with Gasteiger partial charge in [0.15, 0.2) is 0 Å². The predicted octanol–water partition coefficient (Wildman–Crippen LogP) is 2.22. The number of amidine groups is 1. The number of unbranched alkanes of at least 4 members (excludes halogenated alkanes) is 3. The second-order valence-corrected chi connectivity index (χ2v) is 10.5. The van der Waals surface area contributed by atoms with Crippen LogP contribution in [-0.4, -0.2) is 67.8 Å². The zero-order valence-electron chi connectivity index (χ0n) is 20.4. The summed E-state index contributed by atoms with van der Waals surface area (Å²) in [5, 5.41) is 7.61. The quantitative estimate of drug-likeness (QED) is 0.292. The minimum absolute atomic E-state index is 0. The number of carbonyl (C=O) groups is 1. The van der Waals surface area contributed by atoms with Gasteiger partial charge in [-0.15, -0.1) is 11.3 Å². The number of aryl methyl sites for hydroxylation is 1. The number of piperazine rings is 1. The molecular formula is C25H36IN5O2S. The van der Waals surface area contributed by atoms with E-state index in [1.54, 1.807) is 11.3 Å². The lowest BCUT2D eigenvalue weighted by molar-refractivity contribution is -0.928. The van der Waals surface area contributed by atoms with Crippen molar-refractivity contribution < 1.29 is 38.0 Å². The Kier molecular flexibility index (Phi) is 9.61. The van der Waals surface area contributed by atoms with Crippen molar-refractivity contribution in [2.45, 2.75) is 39.5 Å². The molecule has 0 bridgehead atoms. The third-order valence-electron chi connectivity index (χ3n) is 6.40. The molecule has 0 unspecified atom stereocenters. The molecule has 1 aromatic heterocycles. The maximum atomic E-state index is 12.1. The number of likely N-dealkylation sites (N-methyl/N-ethyl adjacent to an activating group) is 1. The van der Waals surface area contributed by atoms with Crippen molar-refractivity contribution >= 4 is 39.6 Å². The topological polar surface area (TPSA) is 66.0 Å². The lowest BCUT2D eigenvalue weighted by Gasteiger charge is -2.42. The molecule has 1 amide bonds. The van der Waals surface area contributed by atoms with Crippen LogP contribution in [0.1, 0.15) is 43.0 Å². The summed E-state index contributed by atoms with van der Waals surface area (Å²) in [6.45, 7) is 8.95. The second-order valence-electron chi connectivity index (χ2n) is 9.28. The van der Waals surface area contributed by atoms with Gasteiger partial charge in [-0.2, -0.15) is 0 Å². The lowest BCUT2D eigenvalue weighted by atomic mass is 10.2. The molecule has 9 heteroatoms. The summed E-state index contributed by atoms with van der Waals surface area (Å²) in [4.78, 5) is 20.8. The van der Waals surface area contributed by atoms with E-state index in [-0.39, 0.29) is 30.1 Å². The molecule has 0 saturated carbocycles. The number of quaternary nitrogens is 1. The first-order chi connectivity index (χ1) is 16.0. The molecule has 34 heavy (non-hydrogen) atoms. The molecule has 2 aliphatic rings. The summed E-state index contributed by atoms with van der Waals surface area (Å²) < 4.78 is 6.28. The summed E-state index contributed by atoms with van der Waals surface area (Å²) >= 11 is 1.77. The fourth-order valence-corrected chi connectivity index (χ4v) is 5.20. The minimum Gasteiger partial charge on any atom is -1.00 e. The van der Waals surface area contributed by atoms with Crippen molar-refractivity contribution in [2.24, 2.45) is 4.99 Å². The van der Waals surface area contributed by atoms with Crippen molar-refractivity contribution in [3.8, 4) is 0 Å². The number of benzene rings is 1. The van der Waals surface area contributed by atoms with Gasteiger partial charge in [0.25, 0.3) is 0 Å². The van der Waals surface area contributed by atoms with Crippen LogP contribution in [0.25, 0.3) is 0 Å². The smallest absolute Gasteiger partial charge is 0.411 e. The number of anilines is 2. The number of nitrogens with zero attached hydrogens (tertiary/aromatic N) is 3. The van der Waals surface area contributed by atoms with Crippen LogP contribution < -0.4 is 34.6 Å². The number of rotatable bonds is 7. The van der Waals surface area contributed by atoms with Gasteiger partial charge in [0.2, 0.25) is 6.73 Å². The van der Waals surface area contributed by atoms with E-state index in [2.05, 4.69) is 54.6 Å². The molecule has 4 rings (SSSR count). The van der Waals surface area contributed by atoms with Gasteiger partial charge in [-0.05, 0) is 31.5 Å². The molecule has 0 spiro atoms. The number of alkyl carbamates (subject to hydrolysis) is 1. The Hall–Kier alpha value is -1.85. The van der Waals surface area contributed by atoms with Gasteiger partial charge in [0.1, 0.15) is 10.8 Å². The van der Waals surface area contributed by atoms with Crippen LogP contribution in [0.3, 0.4) is 0 Å². The average Bonchev–Trinajstić information content (AvgIpc) is 3.10. The molecule has 1 fully saturated rings. The first-order valence-corrected chi connectivity index (χ1v) is 12.8. The second kappa shape index (κ2) is 12.2. The number of hydrogen-bond donors (Lipinski definition) is 2. The number of amides is 1. The molecule has 186 valence electrons. The van der Waals surface area contributed by atoms with E-state index in [0.29, 0.717) is 13.3 Å². The predicted molar refractivity (Wildman–Crippen MR) is 136 cm³/mol. The van der Waals surface area contributed by atoms with E-state index < -0.39 is 0 Å². The summed E-state index contributed by atoms with van der Waals surface area (Å²) in [7, 11) is 2.16. The van der Waals surface area contributed by atoms with Crippen LogP contribution in [-0.2, 0) is 4.74 Å². The molecule has 2 aliphatic heterocycles. The number of aliphatic imine (C=N–C) groups is 1. The lowest BCUT2D eigenvalue weighted by Crippen LogP contribution is -3.00. The van der Waals surface area contributed by atoms with Crippen molar-refractivity contribution in [1.29, 1.82) is 0 Å². The van der Waals surface area contributed by atoms with Gasteiger partial charge in [0, 0.05) is 11.4 Å². The highest BCUT2D eigenvalue weighted by Gasteiger charge is 2.33. The van der Waals surface area contributed by atoms with E-state index in [9.17, 15) is 4.79 Å². The summed E-state index contributed by atoms with van der Waals surface area (Å²) in [5.74, 6) is 1.03. The third kappa shape index (κ3) is 6.63. The Morgan fingerprint density at radius 1 is 1.24 bits per heavy atom. The van der Waals surface area contributed by atoms with Crippen LogP contribution >= 0.6 is 11.3 Å². The molecule has 3 heterocycles. The van der Waals surface area contributed by atoms with Crippen LogP contribution in [0.4, 0.5) is 21.2 Å². The number of halogens is 1. The Labute approximate surface area is 224 Å². The molecule has 1 aromatic carbocycles. The van der Waals surface area contributed by atoms with E-state index in [4.69, 9.17) is 9.73 Å². The molecule has 7 nitrogen and oxygen atoms in total. The van der Waals surface area contributed by atoms with Crippen LogP contribution in [0.5, 0.6) is 0 Å². The number of ether oxygens (including phenoxy) is 1. The van der Waals surface area contributed by atoms with Crippen LogP contribution in [0.15, 0.2) is 35.3 Å². The normalized spacial score (nSPS) is 16.2. The Balaban J connectivity index is 0.00000324. The van der Waals surface area contributed by atoms with E-state index in [1.165, 1.54) is 23.3 Å². The standard InChI is InChI=1S/C25H35N5O2S.HI/c1-4-5-6-9-12-26-25(31)32-18-30(3)15-13-29(14-16-30)23-20-17-19(2)33-24(20)28-22-11-8-7-10-21(22)27-23;/h7-8,10-11,17H,4-6,9,12-16,18H2,1-3H3,(H-,26,27,28,31);1H. The zero-order valence-corrected chi connectivity index (χ0v) is 23.4. The number of para-hydroxylation sites is 2. The van der Waals surface area contributed by atoms with Gasteiger partial charge in [-0.1, -0.05) is 38.3 Å². The fourth-order valence-electron chi connectivity index (χ4n) is 4.28. The molecular weight excluding hydrogens is 561 g/mol. The molecule has 2 aromatic rings. The highest BCUT2D eigenvalue weighted by atomic mass is 127. The largest absolute Gasteiger partial charge is 1.00 e. The molecule has 0 atom stereocenters. The highest BCUT2D eigenvalue weighted by molar-refractivity contribution is 7.16. The Morgan fingerprint density at radius 2 is 2.00 bits per heavy atom. The number of thiophene rings is 1. The van der Waals surface area contributed by atoms with Crippen molar-refractivity contribution in [3.05, 3.63) is 40.8 Å². The first-order valence-electron chi connectivity index (χ1n) is 12.0. The molecule has 0 radical (unpaired) electrons. The summed E-state index contributed by atoms with van der Waals surface area (Å²) in [5.41, 5.74) is 3.18. The summed E-state index contributed by atoms with van der Waals surface area (Å²) in [6.07, 6.45) is 4.26. The van der Waals surface area contributed by atoms with Gasteiger partial charge >= 0.3 is 6.09 Å². The van der Waals surface area contributed by atoms with E-state index in [1.807, 2.05) is 12.1 Å². The first kappa shape index (κ1) is 26.7. The van der Waals surface area contributed by atoms with Gasteiger partial charge in [-0.3, -0.25) is 4.48 Å². The SMILES string of the molecule is CCCCCCNC(=O)OC[N+]1(C)CCN(C2=Nc3ccccc3Nc3sc(C)cc32)CC1.[I-]. The minimum atomic E-state index is -0.303. The number of hydrogen-bond acceptors (Lipinski definition) is 6. The molecule has 1 saturated heterocycles. The maximum absolute atomic E-state index is 12.1. The Bertz CT molecular complexity index is 1000. The molecule has 0 aliphatic carbocycles. The van der Waals surface area contributed by atoms with Gasteiger partial charge < -0.3 is 44.2 Å². The van der Waals surface area contributed by atoms with E-state index >= 15 is 0 Å². The van der Waals surface area contributed by atoms with Crippen molar-refractivity contribution in [2.75, 3.05) is 51.8 Å². The van der Waals surface area contributed by atoms with Crippen LogP contribution in [0.2, 0.25) is 0 Å². The van der Waals surface area contributed by atoms with Crippen molar-refractivity contribution in [3.63, 3.8) is 0 Å². The van der Waals surface area contributed by atoms with E-state index in [0.717, 1.165) is 65.7 Å². The molecule has 2 N–H and O–H groups in total.